The van der Waals surface area contributed by atoms with Crippen LogP contribution in [0.1, 0.15) is 39.6 Å². The average molecular weight is 293 g/mol. The average Bonchev–Trinajstić information content (AvgIpc) is 2.52. The molecule has 0 aliphatic heterocycles. The second kappa shape index (κ2) is 8.03. The third-order valence-electron chi connectivity index (χ3n) is 4.32. The molecule has 1 saturated carbocycles. The molecule has 1 aromatic carbocycles. The first-order chi connectivity index (χ1) is 10.1. The van der Waals surface area contributed by atoms with Crippen molar-refractivity contribution < 1.29 is 16.1 Å². The Morgan fingerprint density at radius 3 is 2.62 bits per heavy atom. The topological polar surface area (TPSA) is 58.6 Å². The van der Waals surface area contributed by atoms with Crippen molar-refractivity contribution in [2.45, 2.75) is 45.3 Å². The number of aliphatic hydroxyl groups excluding tert-OH is 1. The molecule has 2 N–H and O–H groups in total. The van der Waals surface area contributed by atoms with E-state index in [9.17, 15) is 9.90 Å². The Labute approximate surface area is 128 Å². The quantitative estimate of drug-likeness (QED) is 0.875. The molecule has 0 saturated heterocycles. The van der Waals surface area contributed by atoms with Crippen LogP contribution in [0.15, 0.2) is 30.3 Å². The van der Waals surface area contributed by atoms with Gasteiger partial charge in [0.15, 0.2) is 0 Å². The largest absolute Gasteiger partial charge is 0.445 e. The summed E-state index contributed by atoms with van der Waals surface area (Å²) in [4.78, 5) is 11.7. The molecule has 4 heteroatoms. The molecule has 0 bridgehead atoms. The highest BCUT2D eigenvalue weighted by Gasteiger charge is 2.24. The molecule has 118 valence electrons. The predicted octanol–water partition coefficient (Wildman–Crippen LogP) is 3.35. The molecule has 0 aromatic heterocycles. The number of carbonyl (C=O) groups is 1. The van der Waals surface area contributed by atoms with Crippen LogP contribution in [0.25, 0.3) is 0 Å². The third kappa shape index (κ3) is 5.38. The van der Waals surface area contributed by atoms with Gasteiger partial charge in [-0.15, -0.1) is 0 Å². The maximum absolute atomic E-state index is 11.7. The Kier molecular flexibility index (Phi) is 6.05. The SMILES string of the molecule is CC(O)C1CCC(CNC(=O)OCc2ccccc2)CC1.[HH]. The van der Waals surface area contributed by atoms with Crippen molar-refractivity contribution in [2.75, 3.05) is 6.54 Å². The van der Waals surface area contributed by atoms with Gasteiger partial charge in [-0.1, -0.05) is 30.3 Å². The van der Waals surface area contributed by atoms with E-state index in [-0.39, 0.29) is 13.6 Å². The number of carbonyl (C=O) groups excluding carboxylic acids is 1. The van der Waals surface area contributed by atoms with E-state index in [0.717, 1.165) is 31.2 Å². The summed E-state index contributed by atoms with van der Waals surface area (Å²) in [6, 6.07) is 9.66. The number of ether oxygens (including phenoxy) is 1. The minimum atomic E-state index is -0.350. The van der Waals surface area contributed by atoms with Crippen LogP contribution in [0.2, 0.25) is 0 Å². The molecule has 2 rings (SSSR count). The summed E-state index contributed by atoms with van der Waals surface area (Å²) in [5.41, 5.74) is 0.991. The Hall–Kier alpha value is -1.55. The number of hydrogen-bond donors (Lipinski definition) is 2. The molecular weight excluding hydrogens is 266 g/mol. The van der Waals surface area contributed by atoms with Crippen molar-refractivity contribution in [1.82, 2.24) is 5.32 Å². The van der Waals surface area contributed by atoms with Crippen LogP contribution in [0.4, 0.5) is 4.79 Å². The van der Waals surface area contributed by atoms with Gasteiger partial charge in [-0.2, -0.15) is 0 Å². The van der Waals surface area contributed by atoms with E-state index in [4.69, 9.17) is 4.74 Å². The van der Waals surface area contributed by atoms with Crippen LogP contribution >= 0.6 is 0 Å². The van der Waals surface area contributed by atoms with Crippen LogP contribution in [0, 0.1) is 11.8 Å². The van der Waals surface area contributed by atoms with Crippen molar-refractivity contribution in [1.29, 1.82) is 0 Å². The lowest BCUT2D eigenvalue weighted by Gasteiger charge is -2.30. The van der Waals surface area contributed by atoms with Gasteiger partial charge >= 0.3 is 6.09 Å². The molecule has 0 radical (unpaired) electrons. The highest BCUT2D eigenvalue weighted by Crippen LogP contribution is 2.30. The molecule has 1 aliphatic carbocycles. The van der Waals surface area contributed by atoms with Crippen LogP contribution in [0.5, 0.6) is 0 Å². The fraction of sp³-hybridized carbons (Fsp3) is 0.588. The summed E-state index contributed by atoms with van der Waals surface area (Å²) < 4.78 is 5.19. The number of alkyl carbamates (subject to hydrolysis) is 1. The summed E-state index contributed by atoms with van der Waals surface area (Å²) in [6.45, 7) is 2.84. The summed E-state index contributed by atoms with van der Waals surface area (Å²) in [5.74, 6) is 0.926. The Bertz CT molecular complexity index is 431. The van der Waals surface area contributed by atoms with E-state index < -0.39 is 0 Å². The van der Waals surface area contributed by atoms with E-state index >= 15 is 0 Å². The molecule has 0 spiro atoms. The van der Waals surface area contributed by atoms with Gasteiger partial charge in [-0.3, -0.25) is 0 Å². The zero-order chi connectivity index (χ0) is 15.1. The van der Waals surface area contributed by atoms with Crippen molar-refractivity contribution in [2.24, 2.45) is 11.8 Å². The molecule has 1 aromatic rings. The highest BCUT2D eigenvalue weighted by atomic mass is 16.5. The maximum Gasteiger partial charge on any atom is 0.407 e. The first kappa shape index (κ1) is 15.8. The molecule has 1 atom stereocenters. The van der Waals surface area contributed by atoms with E-state index in [1.54, 1.807) is 0 Å². The van der Waals surface area contributed by atoms with Crippen LogP contribution in [-0.2, 0) is 11.3 Å². The normalized spacial score (nSPS) is 23.3. The van der Waals surface area contributed by atoms with Crippen molar-refractivity contribution >= 4 is 6.09 Å². The maximum atomic E-state index is 11.7. The van der Waals surface area contributed by atoms with E-state index in [1.807, 2.05) is 37.3 Å². The first-order valence-corrected chi connectivity index (χ1v) is 7.77. The highest BCUT2D eigenvalue weighted by molar-refractivity contribution is 5.67. The minimum absolute atomic E-state index is 0. The van der Waals surface area contributed by atoms with Gasteiger partial charge in [-0.25, -0.2) is 4.79 Å². The zero-order valence-corrected chi connectivity index (χ0v) is 12.6. The predicted molar refractivity (Wildman–Crippen MR) is 83.9 cm³/mol. The number of aliphatic hydroxyl groups is 1. The smallest absolute Gasteiger partial charge is 0.407 e. The molecule has 1 amide bonds. The number of amides is 1. The molecule has 0 heterocycles. The molecule has 1 unspecified atom stereocenters. The second-order valence-electron chi connectivity index (χ2n) is 5.96. The molecule has 1 aliphatic rings. The second-order valence-corrected chi connectivity index (χ2v) is 5.96. The van der Waals surface area contributed by atoms with Gasteiger partial charge in [0.2, 0.25) is 0 Å². The number of hydrogen-bond acceptors (Lipinski definition) is 3. The van der Waals surface area contributed by atoms with Gasteiger partial charge in [-0.05, 0) is 50.0 Å². The van der Waals surface area contributed by atoms with Gasteiger partial charge < -0.3 is 15.2 Å². The third-order valence-corrected chi connectivity index (χ3v) is 4.32. The van der Waals surface area contributed by atoms with Gasteiger partial charge in [0.25, 0.3) is 0 Å². The standard InChI is InChI=1S/C17H25NO3.H2/c1-13(19)16-9-7-14(8-10-16)11-18-17(20)21-12-15-5-3-2-4-6-15;/h2-6,13-14,16,19H,7-12H2,1H3,(H,18,20);1H. The summed E-state index contributed by atoms with van der Waals surface area (Å²) in [5, 5.41) is 12.4. The van der Waals surface area contributed by atoms with E-state index in [1.165, 1.54) is 0 Å². The Morgan fingerprint density at radius 2 is 2.00 bits per heavy atom. The van der Waals surface area contributed by atoms with Crippen molar-refractivity contribution in [3.63, 3.8) is 0 Å². The van der Waals surface area contributed by atoms with Crippen LogP contribution < -0.4 is 5.32 Å². The lowest BCUT2D eigenvalue weighted by Crippen LogP contribution is -2.33. The summed E-state index contributed by atoms with van der Waals surface area (Å²) in [6.07, 6.45) is 3.65. The first-order valence-electron chi connectivity index (χ1n) is 7.77. The lowest BCUT2D eigenvalue weighted by molar-refractivity contribution is 0.0870. The number of benzene rings is 1. The molecule has 21 heavy (non-hydrogen) atoms. The minimum Gasteiger partial charge on any atom is -0.445 e. The Balaban J connectivity index is 0.00000242. The number of nitrogens with one attached hydrogen (secondary N) is 1. The van der Waals surface area contributed by atoms with Crippen LogP contribution in [-0.4, -0.2) is 23.8 Å². The molecule has 4 nitrogen and oxygen atoms in total. The monoisotopic (exact) mass is 293 g/mol. The summed E-state index contributed by atoms with van der Waals surface area (Å²) >= 11 is 0. The van der Waals surface area contributed by atoms with Gasteiger partial charge in [0.1, 0.15) is 6.61 Å². The fourth-order valence-corrected chi connectivity index (χ4v) is 2.88. The van der Waals surface area contributed by atoms with E-state index in [2.05, 4.69) is 5.32 Å². The van der Waals surface area contributed by atoms with Gasteiger partial charge in [0.05, 0.1) is 6.10 Å². The van der Waals surface area contributed by atoms with Crippen molar-refractivity contribution in [3.05, 3.63) is 35.9 Å². The molecule has 1 fully saturated rings. The van der Waals surface area contributed by atoms with Gasteiger partial charge in [0, 0.05) is 7.97 Å². The zero-order valence-electron chi connectivity index (χ0n) is 12.6. The Morgan fingerprint density at radius 1 is 1.33 bits per heavy atom. The van der Waals surface area contributed by atoms with E-state index in [0.29, 0.717) is 25.0 Å². The van der Waals surface area contributed by atoms with Crippen molar-refractivity contribution in [3.8, 4) is 0 Å². The fourth-order valence-electron chi connectivity index (χ4n) is 2.88. The lowest BCUT2D eigenvalue weighted by atomic mass is 9.80. The number of rotatable bonds is 5. The van der Waals surface area contributed by atoms with Crippen LogP contribution in [0.3, 0.4) is 0 Å². The summed E-state index contributed by atoms with van der Waals surface area (Å²) in [7, 11) is 0. The molecular formula is C17H27NO3.